The van der Waals surface area contributed by atoms with E-state index in [-0.39, 0.29) is 35.3 Å². The van der Waals surface area contributed by atoms with Crippen LogP contribution in [0.25, 0.3) is 0 Å². The van der Waals surface area contributed by atoms with E-state index in [4.69, 9.17) is 11.6 Å². The maximum Gasteiger partial charge on any atom is 0.245 e. The molecular formula is C25H32ClFN2O2. The number of piperidine rings is 1. The number of aryl methyl sites for hydroxylation is 1. The van der Waals surface area contributed by atoms with Crippen molar-refractivity contribution in [3.05, 3.63) is 59.4 Å². The first-order valence-corrected chi connectivity index (χ1v) is 11.6. The first-order chi connectivity index (χ1) is 14.8. The van der Waals surface area contributed by atoms with Crippen molar-refractivity contribution in [3.8, 4) is 0 Å². The van der Waals surface area contributed by atoms with E-state index in [0.29, 0.717) is 25.4 Å². The van der Waals surface area contributed by atoms with Gasteiger partial charge in [-0.05, 0) is 60.8 Å². The number of allylic oxidation sites excluding steroid dienone is 4. The molecule has 168 valence electrons. The second-order valence-corrected chi connectivity index (χ2v) is 9.39. The molecule has 0 saturated carbocycles. The smallest absolute Gasteiger partial charge is 0.245 e. The Hall–Kier alpha value is -2.14. The molecule has 2 aliphatic rings. The van der Waals surface area contributed by atoms with Crippen LogP contribution in [0.3, 0.4) is 0 Å². The molecule has 1 N–H and O–H groups in total. The van der Waals surface area contributed by atoms with Crippen LogP contribution in [0.5, 0.6) is 0 Å². The number of alkyl halides is 1. The number of likely N-dealkylation sites (tertiary alicyclic amines) is 1. The lowest BCUT2D eigenvalue weighted by atomic mass is 9.86. The number of amides is 2. The fourth-order valence-electron chi connectivity index (χ4n) is 4.25. The predicted molar refractivity (Wildman–Crippen MR) is 122 cm³/mol. The topological polar surface area (TPSA) is 49.4 Å². The third-order valence-electron chi connectivity index (χ3n) is 6.13. The number of nitrogens with zero attached hydrogens (tertiary/aromatic N) is 1. The van der Waals surface area contributed by atoms with Crippen molar-refractivity contribution in [2.75, 3.05) is 13.1 Å². The van der Waals surface area contributed by atoms with E-state index in [1.165, 1.54) is 17.7 Å². The van der Waals surface area contributed by atoms with Crippen molar-refractivity contribution in [1.82, 2.24) is 10.2 Å². The zero-order valence-electron chi connectivity index (χ0n) is 18.3. The van der Waals surface area contributed by atoms with Crippen LogP contribution < -0.4 is 5.32 Å². The maximum absolute atomic E-state index is 13.3. The maximum atomic E-state index is 13.3. The molecule has 3 rings (SSSR count). The summed E-state index contributed by atoms with van der Waals surface area (Å²) in [6, 6.07) is 5.72. The average Bonchev–Trinajstić information content (AvgIpc) is 2.76. The van der Waals surface area contributed by atoms with Crippen molar-refractivity contribution < 1.29 is 14.0 Å². The molecule has 2 unspecified atom stereocenters. The Kier molecular flexibility index (Phi) is 8.30. The zero-order valence-corrected chi connectivity index (χ0v) is 19.1. The molecular weight excluding hydrogens is 415 g/mol. The molecule has 0 aromatic heterocycles. The van der Waals surface area contributed by atoms with E-state index in [2.05, 4.69) is 17.5 Å². The number of hydrogen-bond acceptors (Lipinski definition) is 2. The van der Waals surface area contributed by atoms with E-state index >= 15 is 0 Å². The van der Waals surface area contributed by atoms with Gasteiger partial charge in [-0.25, -0.2) is 4.39 Å². The molecule has 4 nitrogen and oxygen atoms in total. The van der Waals surface area contributed by atoms with Gasteiger partial charge in [-0.2, -0.15) is 0 Å². The van der Waals surface area contributed by atoms with E-state index in [1.54, 1.807) is 12.1 Å². The van der Waals surface area contributed by atoms with E-state index in [1.807, 2.05) is 24.8 Å². The molecule has 1 fully saturated rings. The fourth-order valence-corrected chi connectivity index (χ4v) is 4.41. The predicted octanol–water partition coefficient (Wildman–Crippen LogP) is 4.63. The first-order valence-electron chi connectivity index (χ1n) is 11.2. The minimum absolute atomic E-state index is 0.00650. The number of carbonyl (C=O) groups is 2. The number of rotatable bonds is 7. The highest BCUT2D eigenvalue weighted by molar-refractivity contribution is 6.22. The molecule has 1 aromatic carbocycles. The highest BCUT2D eigenvalue weighted by Crippen LogP contribution is 2.29. The molecule has 2 amide bonds. The summed E-state index contributed by atoms with van der Waals surface area (Å²) in [4.78, 5) is 27.5. The van der Waals surface area contributed by atoms with Gasteiger partial charge >= 0.3 is 0 Å². The number of nitrogens with one attached hydrogen (secondary N) is 1. The minimum Gasteiger partial charge on any atom is -0.344 e. The number of carbonyl (C=O) groups excluding carboxylic acids is 2. The van der Waals surface area contributed by atoms with Gasteiger partial charge in [0.25, 0.3) is 0 Å². The lowest BCUT2D eigenvalue weighted by Crippen LogP contribution is -2.53. The van der Waals surface area contributed by atoms with Crippen molar-refractivity contribution in [2.24, 2.45) is 11.8 Å². The molecule has 2 atom stereocenters. The molecule has 1 aliphatic carbocycles. The van der Waals surface area contributed by atoms with Gasteiger partial charge in [0, 0.05) is 19.5 Å². The largest absolute Gasteiger partial charge is 0.344 e. The van der Waals surface area contributed by atoms with Gasteiger partial charge in [0.15, 0.2) is 0 Å². The van der Waals surface area contributed by atoms with Gasteiger partial charge in [-0.3, -0.25) is 9.59 Å². The Morgan fingerprint density at radius 1 is 1.26 bits per heavy atom. The van der Waals surface area contributed by atoms with Gasteiger partial charge in [0.05, 0.1) is 5.38 Å². The number of benzene rings is 1. The third kappa shape index (κ3) is 6.67. The van der Waals surface area contributed by atoms with Crippen molar-refractivity contribution >= 4 is 23.4 Å². The Morgan fingerprint density at radius 2 is 2.00 bits per heavy atom. The molecule has 0 spiro atoms. The quantitative estimate of drug-likeness (QED) is 0.621. The molecule has 1 aliphatic heterocycles. The van der Waals surface area contributed by atoms with Crippen LogP contribution in [0.15, 0.2) is 48.1 Å². The van der Waals surface area contributed by atoms with Gasteiger partial charge in [0.1, 0.15) is 11.9 Å². The Morgan fingerprint density at radius 3 is 2.61 bits per heavy atom. The van der Waals surface area contributed by atoms with Crippen LogP contribution >= 0.6 is 11.6 Å². The summed E-state index contributed by atoms with van der Waals surface area (Å²) < 4.78 is 13.3. The molecule has 1 aromatic rings. The van der Waals surface area contributed by atoms with Crippen LogP contribution in [0.2, 0.25) is 0 Å². The second-order valence-electron chi connectivity index (χ2n) is 8.83. The summed E-state index contributed by atoms with van der Waals surface area (Å²) in [6.07, 6.45) is 9.77. The van der Waals surface area contributed by atoms with Crippen LogP contribution in [-0.2, 0) is 16.0 Å². The lowest BCUT2D eigenvalue weighted by Gasteiger charge is -2.36. The molecule has 1 heterocycles. The van der Waals surface area contributed by atoms with E-state index in [9.17, 15) is 14.0 Å². The van der Waals surface area contributed by atoms with Gasteiger partial charge in [0.2, 0.25) is 11.8 Å². The first kappa shape index (κ1) is 23.5. The summed E-state index contributed by atoms with van der Waals surface area (Å²) in [5, 5.41) is 3.00. The minimum atomic E-state index is -0.539. The molecule has 31 heavy (non-hydrogen) atoms. The van der Waals surface area contributed by atoms with Gasteiger partial charge < -0.3 is 10.2 Å². The third-order valence-corrected chi connectivity index (χ3v) is 6.46. The Labute approximate surface area is 189 Å². The lowest BCUT2D eigenvalue weighted by molar-refractivity contribution is -0.138. The van der Waals surface area contributed by atoms with Crippen molar-refractivity contribution in [2.45, 2.75) is 57.4 Å². The number of halogens is 2. The SMILES string of the molecule is CC(C)C(NC(=O)CCc1cccc(F)c1)C(=O)N1CCC(C2=CCC(Cl)C=C2)CC1. The van der Waals surface area contributed by atoms with Crippen LogP contribution in [-0.4, -0.2) is 41.2 Å². The van der Waals surface area contributed by atoms with Crippen LogP contribution in [0.4, 0.5) is 4.39 Å². The Balaban J connectivity index is 1.51. The molecule has 0 radical (unpaired) electrons. The van der Waals surface area contributed by atoms with Gasteiger partial charge in [-0.15, -0.1) is 11.6 Å². The van der Waals surface area contributed by atoms with Crippen molar-refractivity contribution in [3.63, 3.8) is 0 Å². The average molecular weight is 447 g/mol. The molecule has 1 saturated heterocycles. The fraction of sp³-hybridized carbons (Fsp3) is 0.520. The summed E-state index contributed by atoms with van der Waals surface area (Å²) in [6.45, 7) is 5.29. The van der Waals surface area contributed by atoms with Crippen molar-refractivity contribution in [1.29, 1.82) is 0 Å². The number of hydrogen-bond donors (Lipinski definition) is 1. The monoisotopic (exact) mass is 446 g/mol. The van der Waals surface area contributed by atoms with E-state index in [0.717, 1.165) is 24.8 Å². The molecule has 6 heteroatoms. The highest BCUT2D eigenvalue weighted by Gasteiger charge is 2.31. The van der Waals surface area contributed by atoms with Crippen LogP contribution in [0, 0.1) is 17.7 Å². The highest BCUT2D eigenvalue weighted by atomic mass is 35.5. The zero-order chi connectivity index (χ0) is 22.4. The Bertz CT molecular complexity index is 844. The summed E-state index contributed by atoms with van der Waals surface area (Å²) in [7, 11) is 0. The molecule has 0 bridgehead atoms. The van der Waals surface area contributed by atoms with Crippen LogP contribution in [0.1, 0.15) is 45.1 Å². The second kappa shape index (κ2) is 10.9. The standard InChI is InChI=1S/C25H32ClFN2O2/c1-17(2)24(28-23(30)11-6-18-4-3-5-22(27)16-18)25(31)29-14-12-20(13-15-29)19-7-9-21(26)10-8-19/h3-5,7-9,16-17,20-21,24H,6,10-15H2,1-2H3,(H,28,30). The normalized spacial score (nSPS) is 20.5. The van der Waals surface area contributed by atoms with E-state index < -0.39 is 6.04 Å². The van der Waals surface area contributed by atoms with Gasteiger partial charge in [-0.1, -0.05) is 44.2 Å². The summed E-state index contributed by atoms with van der Waals surface area (Å²) >= 11 is 6.12. The summed E-state index contributed by atoms with van der Waals surface area (Å²) in [5.74, 6) is -0.0461. The summed E-state index contributed by atoms with van der Waals surface area (Å²) in [5.41, 5.74) is 2.10.